The zero-order chi connectivity index (χ0) is 11.4. The van der Waals surface area contributed by atoms with E-state index in [1.54, 1.807) is 12.1 Å². The minimum atomic E-state index is -0.0681. The van der Waals surface area contributed by atoms with Gasteiger partial charge in [-0.05, 0) is 34.7 Å². The molecule has 0 unspecified atom stereocenters. The standard InChI is InChI=1S/C10H8BrIO3/c1-15-7-2-6(5-13)10(12)8(3-7)9(14)4-11/h2-3,5H,4H2,1H3. The van der Waals surface area contributed by atoms with Crippen LogP contribution in [0.1, 0.15) is 20.7 Å². The number of Topliss-reactive ketones (excluding diaryl/α,β-unsaturated/α-hetero) is 1. The van der Waals surface area contributed by atoms with E-state index in [0.717, 1.165) is 6.29 Å². The van der Waals surface area contributed by atoms with Crippen LogP contribution in [0.25, 0.3) is 0 Å². The highest BCUT2D eigenvalue weighted by atomic mass is 127. The molecule has 1 aromatic carbocycles. The molecule has 3 nitrogen and oxygen atoms in total. The minimum Gasteiger partial charge on any atom is -0.497 e. The van der Waals surface area contributed by atoms with Gasteiger partial charge in [-0.15, -0.1) is 0 Å². The number of benzene rings is 1. The molecule has 0 saturated carbocycles. The summed E-state index contributed by atoms with van der Waals surface area (Å²) in [6.45, 7) is 0. The lowest BCUT2D eigenvalue weighted by Crippen LogP contribution is -2.05. The number of aldehydes is 1. The zero-order valence-corrected chi connectivity index (χ0v) is 11.7. The van der Waals surface area contributed by atoms with E-state index in [9.17, 15) is 9.59 Å². The van der Waals surface area contributed by atoms with Crippen molar-refractivity contribution in [2.45, 2.75) is 0 Å². The third-order valence-corrected chi connectivity index (χ3v) is 3.57. The molecule has 0 fully saturated rings. The second-order valence-electron chi connectivity index (χ2n) is 2.75. The largest absolute Gasteiger partial charge is 0.497 e. The molecule has 80 valence electrons. The van der Waals surface area contributed by atoms with Crippen LogP contribution in [0.4, 0.5) is 0 Å². The van der Waals surface area contributed by atoms with Crippen LogP contribution in [0.15, 0.2) is 12.1 Å². The van der Waals surface area contributed by atoms with Crippen molar-refractivity contribution in [1.29, 1.82) is 0 Å². The maximum atomic E-state index is 11.5. The molecule has 5 heteroatoms. The molecule has 0 aromatic heterocycles. The normalized spacial score (nSPS) is 9.80. The Morgan fingerprint density at radius 3 is 2.73 bits per heavy atom. The Balaban J connectivity index is 3.36. The molecule has 0 saturated heterocycles. The Labute approximate surface area is 109 Å². The summed E-state index contributed by atoms with van der Waals surface area (Å²) in [4.78, 5) is 22.3. The number of hydrogen-bond donors (Lipinski definition) is 0. The van der Waals surface area contributed by atoms with Crippen molar-refractivity contribution in [2.24, 2.45) is 0 Å². The number of ether oxygens (including phenoxy) is 1. The van der Waals surface area contributed by atoms with Gasteiger partial charge in [0.05, 0.1) is 12.4 Å². The summed E-state index contributed by atoms with van der Waals surface area (Å²) in [7, 11) is 1.50. The van der Waals surface area contributed by atoms with Gasteiger partial charge in [0.1, 0.15) is 5.75 Å². The van der Waals surface area contributed by atoms with Crippen LogP contribution in [0.2, 0.25) is 0 Å². The fraction of sp³-hybridized carbons (Fsp3) is 0.200. The van der Waals surface area contributed by atoms with Crippen LogP contribution in [0.3, 0.4) is 0 Å². The number of ketones is 1. The number of halogens is 2. The van der Waals surface area contributed by atoms with E-state index in [2.05, 4.69) is 15.9 Å². The van der Waals surface area contributed by atoms with Crippen molar-refractivity contribution in [3.8, 4) is 5.75 Å². The highest BCUT2D eigenvalue weighted by molar-refractivity contribution is 14.1. The lowest BCUT2D eigenvalue weighted by molar-refractivity contribution is 0.102. The van der Waals surface area contributed by atoms with Crippen LogP contribution < -0.4 is 4.74 Å². The minimum absolute atomic E-state index is 0.0681. The lowest BCUT2D eigenvalue weighted by atomic mass is 10.1. The van der Waals surface area contributed by atoms with Crippen LogP contribution in [0.5, 0.6) is 5.75 Å². The predicted molar refractivity (Wildman–Crippen MR) is 69.2 cm³/mol. The Morgan fingerprint density at radius 1 is 1.60 bits per heavy atom. The van der Waals surface area contributed by atoms with E-state index in [1.165, 1.54) is 7.11 Å². The summed E-state index contributed by atoms with van der Waals surface area (Å²) in [5.74, 6) is 0.447. The van der Waals surface area contributed by atoms with E-state index in [0.29, 0.717) is 20.4 Å². The van der Waals surface area contributed by atoms with E-state index in [-0.39, 0.29) is 11.1 Å². The fourth-order valence-electron chi connectivity index (χ4n) is 1.10. The van der Waals surface area contributed by atoms with E-state index < -0.39 is 0 Å². The molecule has 0 N–H and O–H groups in total. The number of carbonyl (C=O) groups excluding carboxylic acids is 2. The smallest absolute Gasteiger partial charge is 0.174 e. The highest BCUT2D eigenvalue weighted by Crippen LogP contribution is 2.24. The van der Waals surface area contributed by atoms with Gasteiger partial charge in [-0.3, -0.25) is 9.59 Å². The molecule has 0 spiro atoms. The monoisotopic (exact) mass is 382 g/mol. The van der Waals surface area contributed by atoms with Gasteiger partial charge in [0.15, 0.2) is 12.1 Å². The molecule has 0 atom stereocenters. The van der Waals surface area contributed by atoms with Gasteiger partial charge in [-0.25, -0.2) is 0 Å². The van der Waals surface area contributed by atoms with Crippen molar-refractivity contribution in [3.05, 3.63) is 26.8 Å². The summed E-state index contributed by atoms with van der Waals surface area (Å²) in [6.07, 6.45) is 0.718. The molecular formula is C10H8BrIO3. The number of carbonyl (C=O) groups is 2. The zero-order valence-electron chi connectivity index (χ0n) is 7.92. The molecule has 0 amide bonds. The first-order valence-electron chi connectivity index (χ1n) is 4.06. The van der Waals surface area contributed by atoms with Crippen molar-refractivity contribution in [3.63, 3.8) is 0 Å². The van der Waals surface area contributed by atoms with Gasteiger partial charge in [0.25, 0.3) is 0 Å². The average molecular weight is 383 g/mol. The highest BCUT2D eigenvalue weighted by Gasteiger charge is 2.14. The Morgan fingerprint density at radius 2 is 2.27 bits per heavy atom. The van der Waals surface area contributed by atoms with Gasteiger partial charge in [0, 0.05) is 14.7 Å². The van der Waals surface area contributed by atoms with Crippen LogP contribution in [-0.2, 0) is 0 Å². The molecule has 15 heavy (non-hydrogen) atoms. The van der Waals surface area contributed by atoms with Gasteiger partial charge in [-0.1, -0.05) is 15.9 Å². The van der Waals surface area contributed by atoms with Crippen molar-refractivity contribution >= 4 is 50.6 Å². The third-order valence-electron chi connectivity index (χ3n) is 1.86. The maximum Gasteiger partial charge on any atom is 0.174 e. The van der Waals surface area contributed by atoms with Gasteiger partial charge in [-0.2, -0.15) is 0 Å². The lowest BCUT2D eigenvalue weighted by Gasteiger charge is -2.07. The van der Waals surface area contributed by atoms with E-state index >= 15 is 0 Å². The predicted octanol–water partition coefficient (Wildman–Crippen LogP) is 2.69. The molecule has 0 bridgehead atoms. The maximum absolute atomic E-state index is 11.5. The summed E-state index contributed by atoms with van der Waals surface area (Å²) >= 11 is 5.08. The molecule has 0 radical (unpaired) electrons. The molecular weight excluding hydrogens is 375 g/mol. The van der Waals surface area contributed by atoms with E-state index in [1.807, 2.05) is 22.6 Å². The molecule has 0 aliphatic heterocycles. The van der Waals surface area contributed by atoms with Crippen molar-refractivity contribution in [2.75, 3.05) is 12.4 Å². The fourth-order valence-corrected chi connectivity index (χ4v) is 2.14. The average Bonchev–Trinajstić information content (AvgIpc) is 2.28. The first kappa shape index (κ1) is 12.6. The van der Waals surface area contributed by atoms with Gasteiger partial charge < -0.3 is 4.74 Å². The quantitative estimate of drug-likeness (QED) is 0.348. The number of rotatable bonds is 4. The van der Waals surface area contributed by atoms with Crippen LogP contribution >= 0.6 is 38.5 Å². The summed E-state index contributed by atoms with van der Waals surface area (Å²) < 4.78 is 5.68. The SMILES string of the molecule is COc1cc(C=O)c(I)c(C(=O)CBr)c1. The Hall–Kier alpha value is -0.430. The van der Waals surface area contributed by atoms with Crippen LogP contribution in [-0.4, -0.2) is 24.5 Å². The second-order valence-corrected chi connectivity index (χ2v) is 4.39. The third kappa shape index (κ3) is 2.78. The number of alkyl halides is 1. The van der Waals surface area contributed by atoms with Crippen molar-refractivity contribution in [1.82, 2.24) is 0 Å². The number of hydrogen-bond acceptors (Lipinski definition) is 3. The first-order chi connectivity index (χ1) is 7.13. The number of methoxy groups -OCH3 is 1. The molecule has 1 aromatic rings. The summed E-state index contributed by atoms with van der Waals surface area (Å²) in [5.41, 5.74) is 0.980. The van der Waals surface area contributed by atoms with Crippen LogP contribution in [0, 0.1) is 3.57 Å². The van der Waals surface area contributed by atoms with Gasteiger partial charge in [0.2, 0.25) is 0 Å². The topological polar surface area (TPSA) is 43.4 Å². The molecule has 1 rings (SSSR count). The van der Waals surface area contributed by atoms with E-state index in [4.69, 9.17) is 4.74 Å². The Kier molecular flexibility index (Phi) is 4.72. The Bertz CT molecular complexity index is 404. The molecule has 0 aliphatic carbocycles. The summed E-state index contributed by atoms with van der Waals surface area (Å²) in [5, 5.41) is 0.231. The molecule has 0 heterocycles. The van der Waals surface area contributed by atoms with Crippen molar-refractivity contribution < 1.29 is 14.3 Å². The van der Waals surface area contributed by atoms with Gasteiger partial charge >= 0.3 is 0 Å². The first-order valence-corrected chi connectivity index (χ1v) is 6.26. The second kappa shape index (κ2) is 5.60. The summed E-state index contributed by atoms with van der Waals surface area (Å²) in [6, 6.07) is 3.25. The molecule has 0 aliphatic rings.